The minimum Gasteiger partial charge on any atom is -0.492 e. The van der Waals surface area contributed by atoms with Crippen LogP contribution in [0.15, 0.2) is 54.6 Å². The third kappa shape index (κ3) is 6.55. The number of rotatable bonds is 7. The smallest absolute Gasteiger partial charge is 0.242 e. The topological polar surface area (TPSA) is 75.7 Å². The normalized spacial score (nSPS) is 17.6. The van der Waals surface area contributed by atoms with Gasteiger partial charge in [0.25, 0.3) is 0 Å². The van der Waals surface area contributed by atoms with Crippen LogP contribution in [0.3, 0.4) is 0 Å². The molecule has 1 unspecified atom stereocenters. The zero-order valence-corrected chi connectivity index (χ0v) is 19.3. The van der Waals surface area contributed by atoms with Gasteiger partial charge < -0.3 is 10.1 Å². The second-order valence-electron chi connectivity index (χ2n) is 8.91. The van der Waals surface area contributed by atoms with Crippen LogP contribution in [0.2, 0.25) is 0 Å². The standard InChI is InChI=1S/C24H32N2O4S/c1-24(2,3)20-9-11-21(12-10-20)30-16-13-25-23(27)22(19-7-5-4-6-8-19)26-14-17-31(28,29)18-15-26/h4-12,22H,13-18H2,1-3H3,(H,25,27). The van der Waals surface area contributed by atoms with Crippen molar-refractivity contribution in [1.82, 2.24) is 10.2 Å². The van der Waals surface area contributed by atoms with Gasteiger partial charge in [0.15, 0.2) is 9.84 Å². The fraction of sp³-hybridized carbons (Fsp3) is 0.458. The lowest BCUT2D eigenvalue weighted by Gasteiger charge is -2.33. The lowest BCUT2D eigenvalue weighted by atomic mass is 9.87. The number of hydrogen-bond donors (Lipinski definition) is 1. The summed E-state index contributed by atoms with van der Waals surface area (Å²) in [6.07, 6.45) is 0. The van der Waals surface area contributed by atoms with Gasteiger partial charge in [-0.15, -0.1) is 0 Å². The number of nitrogens with zero attached hydrogens (tertiary/aromatic N) is 1. The zero-order valence-electron chi connectivity index (χ0n) is 18.5. The second-order valence-corrected chi connectivity index (χ2v) is 11.2. The van der Waals surface area contributed by atoms with Gasteiger partial charge in [-0.2, -0.15) is 0 Å². The van der Waals surface area contributed by atoms with Crippen molar-refractivity contribution in [3.8, 4) is 5.75 Å². The molecular formula is C24H32N2O4S. The molecule has 0 aliphatic carbocycles. The number of nitrogens with one attached hydrogen (secondary N) is 1. The Bertz CT molecular complexity index is 953. The maximum Gasteiger partial charge on any atom is 0.242 e. The van der Waals surface area contributed by atoms with Gasteiger partial charge in [-0.3, -0.25) is 9.69 Å². The van der Waals surface area contributed by atoms with Crippen molar-refractivity contribution < 1.29 is 17.9 Å². The summed E-state index contributed by atoms with van der Waals surface area (Å²) in [6.45, 7) is 7.93. The van der Waals surface area contributed by atoms with E-state index in [9.17, 15) is 13.2 Å². The summed E-state index contributed by atoms with van der Waals surface area (Å²) in [5.74, 6) is 0.787. The van der Waals surface area contributed by atoms with E-state index < -0.39 is 15.9 Å². The highest BCUT2D eigenvalue weighted by atomic mass is 32.2. The number of carbonyl (C=O) groups is 1. The van der Waals surface area contributed by atoms with E-state index in [1.807, 2.05) is 47.4 Å². The quantitative estimate of drug-likeness (QED) is 0.665. The van der Waals surface area contributed by atoms with Crippen LogP contribution in [0.1, 0.15) is 37.9 Å². The predicted octanol–water partition coefficient (Wildman–Crippen LogP) is 2.95. The van der Waals surface area contributed by atoms with Crippen LogP contribution in [0, 0.1) is 0 Å². The van der Waals surface area contributed by atoms with Crippen LogP contribution >= 0.6 is 0 Å². The van der Waals surface area contributed by atoms with E-state index in [0.717, 1.165) is 11.3 Å². The van der Waals surface area contributed by atoms with Gasteiger partial charge in [-0.25, -0.2) is 8.42 Å². The first-order valence-electron chi connectivity index (χ1n) is 10.7. The fourth-order valence-corrected chi connectivity index (χ4v) is 4.87. The van der Waals surface area contributed by atoms with Gasteiger partial charge in [0.2, 0.25) is 5.91 Å². The van der Waals surface area contributed by atoms with Crippen molar-refractivity contribution in [2.45, 2.75) is 32.2 Å². The zero-order chi connectivity index (χ0) is 22.5. The maximum atomic E-state index is 13.0. The first kappa shape index (κ1) is 23.3. The minimum absolute atomic E-state index is 0.0806. The van der Waals surface area contributed by atoms with Gasteiger partial charge in [0.05, 0.1) is 18.1 Å². The van der Waals surface area contributed by atoms with E-state index in [4.69, 9.17) is 4.74 Å². The van der Waals surface area contributed by atoms with Gasteiger partial charge in [0, 0.05) is 13.1 Å². The number of benzene rings is 2. The van der Waals surface area contributed by atoms with E-state index in [0.29, 0.717) is 26.2 Å². The summed E-state index contributed by atoms with van der Waals surface area (Å²) in [5.41, 5.74) is 2.19. The Kier molecular flexibility index (Phi) is 7.38. The molecule has 0 spiro atoms. The molecule has 6 nitrogen and oxygen atoms in total. The third-order valence-corrected chi connectivity index (χ3v) is 7.11. The van der Waals surface area contributed by atoms with Crippen LogP contribution in [-0.4, -0.2) is 57.0 Å². The van der Waals surface area contributed by atoms with Crippen molar-refractivity contribution >= 4 is 15.7 Å². The summed E-state index contributed by atoms with van der Waals surface area (Å²) in [7, 11) is -3.01. The number of carbonyl (C=O) groups excluding carboxylic acids is 1. The number of amides is 1. The molecule has 1 atom stereocenters. The Morgan fingerprint density at radius 3 is 2.23 bits per heavy atom. The Hall–Kier alpha value is -2.38. The van der Waals surface area contributed by atoms with Crippen molar-refractivity contribution in [1.29, 1.82) is 0 Å². The van der Waals surface area contributed by atoms with Gasteiger partial charge in [-0.1, -0.05) is 63.2 Å². The molecule has 1 fully saturated rings. The van der Waals surface area contributed by atoms with Crippen molar-refractivity contribution in [2.24, 2.45) is 0 Å². The average Bonchev–Trinajstić information content (AvgIpc) is 2.73. The van der Waals surface area contributed by atoms with Crippen LogP contribution in [-0.2, 0) is 20.0 Å². The summed E-state index contributed by atoms with van der Waals surface area (Å²) in [4.78, 5) is 15.0. The van der Waals surface area contributed by atoms with Crippen LogP contribution in [0.5, 0.6) is 5.75 Å². The fourth-order valence-electron chi connectivity index (χ4n) is 3.64. The molecule has 31 heavy (non-hydrogen) atoms. The third-order valence-electron chi connectivity index (χ3n) is 5.50. The van der Waals surface area contributed by atoms with Crippen molar-refractivity contribution in [2.75, 3.05) is 37.7 Å². The van der Waals surface area contributed by atoms with Crippen molar-refractivity contribution in [3.63, 3.8) is 0 Å². The van der Waals surface area contributed by atoms with E-state index in [1.54, 1.807) is 0 Å². The van der Waals surface area contributed by atoms with Gasteiger partial charge in [-0.05, 0) is 28.7 Å². The summed E-state index contributed by atoms with van der Waals surface area (Å²) < 4.78 is 29.4. The largest absolute Gasteiger partial charge is 0.492 e. The Morgan fingerprint density at radius 1 is 1.03 bits per heavy atom. The lowest BCUT2D eigenvalue weighted by molar-refractivity contribution is -0.126. The van der Waals surface area contributed by atoms with Crippen LogP contribution in [0.25, 0.3) is 0 Å². The molecule has 168 valence electrons. The van der Waals surface area contributed by atoms with Gasteiger partial charge >= 0.3 is 0 Å². The molecule has 0 saturated carbocycles. The van der Waals surface area contributed by atoms with E-state index in [2.05, 4.69) is 38.2 Å². The van der Waals surface area contributed by atoms with E-state index >= 15 is 0 Å². The molecule has 7 heteroatoms. The molecule has 1 heterocycles. The Morgan fingerprint density at radius 2 is 1.65 bits per heavy atom. The Labute approximate surface area is 185 Å². The molecule has 1 N–H and O–H groups in total. The average molecular weight is 445 g/mol. The SMILES string of the molecule is CC(C)(C)c1ccc(OCCNC(=O)C(c2ccccc2)N2CCS(=O)(=O)CC2)cc1. The van der Waals surface area contributed by atoms with Crippen molar-refractivity contribution in [3.05, 3.63) is 65.7 Å². The molecule has 1 aliphatic heterocycles. The van der Waals surface area contributed by atoms with Crippen LogP contribution in [0.4, 0.5) is 0 Å². The first-order chi connectivity index (χ1) is 14.7. The minimum atomic E-state index is -3.01. The molecule has 1 amide bonds. The monoisotopic (exact) mass is 444 g/mol. The Balaban J connectivity index is 1.57. The maximum absolute atomic E-state index is 13.0. The first-order valence-corrected chi connectivity index (χ1v) is 12.5. The van der Waals surface area contributed by atoms with Gasteiger partial charge in [0.1, 0.15) is 18.4 Å². The highest BCUT2D eigenvalue weighted by Crippen LogP contribution is 2.25. The second kappa shape index (κ2) is 9.83. The molecule has 2 aromatic rings. The van der Waals surface area contributed by atoms with E-state index in [-0.39, 0.29) is 22.8 Å². The molecule has 3 rings (SSSR count). The highest BCUT2D eigenvalue weighted by Gasteiger charge is 2.32. The molecule has 1 aliphatic rings. The molecule has 1 saturated heterocycles. The molecule has 2 aromatic carbocycles. The molecule has 0 bridgehead atoms. The van der Waals surface area contributed by atoms with Crippen LogP contribution < -0.4 is 10.1 Å². The predicted molar refractivity (Wildman–Crippen MR) is 123 cm³/mol. The molecule has 0 aromatic heterocycles. The number of ether oxygens (including phenoxy) is 1. The highest BCUT2D eigenvalue weighted by molar-refractivity contribution is 7.91. The summed E-state index contributed by atoms with van der Waals surface area (Å²) in [6, 6.07) is 17.0. The number of sulfone groups is 1. The summed E-state index contributed by atoms with van der Waals surface area (Å²) >= 11 is 0. The number of hydrogen-bond acceptors (Lipinski definition) is 5. The lowest BCUT2D eigenvalue weighted by Crippen LogP contribution is -2.48. The molecular weight excluding hydrogens is 412 g/mol. The summed E-state index contributed by atoms with van der Waals surface area (Å²) in [5, 5.41) is 2.95. The molecule has 0 radical (unpaired) electrons. The van der Waals surface area contributed by atoms with E-state index in [1.165, 1.54) is 5.56 Å².